The average Bonchev–Trinajstić information content (AvgIpc) is 2.94. The van der Waals surface area contributed by atoms with Crippen molar-refractivity contribution in [2.24, 2.45) is 5.73 Å². The Morgan fingerprint density at radius 1 is 1.36 bits per heavy atom. The molecule has 7 nitrogen and oxygen atoms in total. The van der Waals surface area contributed by atoms with Gasteiger partial charge in [-0.1, -0.05) is 12.1 Å². The fourth-order valence-electron chi connectivity index (χ4n) is 2.95. The van der Waals surface area contributed by atoms with Crippen molar-refractivity contribution in [2.75, 3.05) is 19.8 Å². The summed E-state index contributed by atoms with van der Waals surface area (Å²) in [7, 11) is -3.89. The second-order valence-electron chi connectivity index (χ2n) is 5.38. The Kier molecular flexibility index (Phi) is 3.84. The summed E-state index contributed by atoms with van der Waals surface area (Å²) in [6.45, 7) is 2.41. The van der Waals surface area contributed by atoms with Gasteiger partial charge in [0.05, 0.1) is 19.3 Å². The van der Waals surface area contributed by atoms with Crippen molar-refractivity contribution >= 4 is 15.9 Å². The zero-order valence-electron chi connectivity index (χ0n) is 12.2. The molecule has 1 aromatic carbocycles. The first-order chi connectivity index (χ1) is 10.4. The molecule has 2 heterocycles. The van der Waals surface area contributed by atoms with Crippen LogP contribution in [0.15, 0.2) is 23.1 Å². The Labute approximate surface area is 129 Å². The maximum absolute atomic E-state index is 13.0. The van der Waals surface area contributed by atoms with Gasteiger partial charge in [-0.15, -0.1) is 0 Å². The van der Waals surface area contributed by atoms with Crippen molar-refractivity contribution in [3.8, 4) is 5.75 Å². The molecule has 2 N–H and O–H groups in total. The number of sulfonamides is 1. The number of primary amides is 1. The summed E-state index contributed by atoms with van der Waals surface area (Å²) in [6.07, 6.45) is 0.0935. The number of hydrogen-bond donors (Lipinski definition) is 1. The minimum atomic E-state index is -3.89. The Hall–Kier alpha value is -1.64. The standard InChI is InChI=1S/C14H18N2O5S/c1-9-12(14(15)17)16(6-8-20-9)22(18,19)11-4-2-3-10-5-7-21-13(10)11/h2-4,9,12H,5-8H2,1H3,(H2,15,17)/t9-,12+/m1/s1. The molecule has 1 saturated heterocycles. The molecule has 0 aliphatic carbocycles. The van der Waals surface area contributed by atoms with Gasteiger partial charge in [0.15, 0.2) is 0 Å². The molecule has 2 aliphatic heterocycles. The number of para-hydroxylation sites is 1. The van der Waals surface area contributed by atoms with E-state index in [-0.39, 0.29) is 18.0 Å². The average molecular weight is 326 g/mol. The Bertz CT molecular complexity index is 703. The highest BCUT2D eigenvalue weighted by Gasteiger charge is 2.42. The van der Waals surface area contributed by atoms with Gasteiger partial charge in [-0.25, -0.2) is 8.42 Å². The van der Waals surface area contributed by atoms with E-state index in [2.05, 4.69) is 0 Å². The minimum Gasteiger partial charge on any atom is -0.492 e. The SMILES string of the molecule is C[C@H]1OCCN(S(=O)(=O)c2cccc3c2OCC3)[C@@H]1C(N)=O. The maximum atomic E-state index is 13.0. The third-order valence-electron chi connectivity index (χ3n) is 4.00. The van der Waals surface area contributed by atoms with Gasteiger partial charge in [0.2, 0.25) is 15.9 Å². The highest BCUT2D eigenvalue weighted by atomic mass is 32.2. The molecule has 120 valence electrons. The van der Waals surface area contributed by atoms with Gasteiger partial charge in [0, 0.05) is 13.0 Å². The lowest BCUT2D eigenvalue weighted by Crippen LogP contribution is -2.58. The van der Waals surface area contributed by atoms with Crippen molar-refractivity contribution in [3.63, 3.8) is 0 Å². The Balaban J connectivity index is 2.06. The fourth-order valence-corrected chi connectivity index (χ4v) is 4.77. The number of hydrogen-bond acceptors (Lipinski definition) is 5. The van der Waals surface area contributed by atoms with Crippen LogP contribution in [0.4, 0.5) is 0 Å². The van der Waals surface area contributed by atoms with Crippen LogP contribution in [0.25, 0.3) is 0 Å². The molecule has 0 radical (unpaired) electrons. The summed E-state index contributed by atoms with van der Waals surface area (Å²) in [5, 5.41) is 0. The number of ether oxygens (including phenoxy) is 2. The largest absolute Gasteiger partial charge is 0.492 e. The van der Waals surface area contributed by atoms with Gasteiger partial charge >= 0.3 is 0 Å². The van der Waals surface area contributed by atoms with Gasteiger partial charge in [0.25, 0.3) is 0 Å². The first kappa shape index (κ1) is 15.3. The topological polar surface area (TPSA) is 98.9 Å². The van der Waals surface area contributed by atoms with E-state index in [1.54, 1.807) is 13.0 Å². The van der Waals surface area contributed by atoms with Gasteiger partial charge in [-0.3, -0.25) is 4.79 Å². The number of benzene rings is 1. The van der Waals surface area contributed by atoms with Gasteiger partial charge in [-0.05, 0) is 18.6 Å². The highest BCUT2D eigenvalue weighted by Crippen LogP contribution is 2.35. The summed E-state index contributed by atoms with van der Waals surface area (Å²) in [4.78, 5) is 11.8. The van der Waals surface area contributed by atoms with E-state index in [0.29, 0.717) is 18.8 Å². The monoisotopic (exact) mass is 326 g/mol. The number of carbonyl (C=O) groups is 1. The maximum Gasteiger partial charge on any atom is 0.247 e. The van der Waals surface area contributed by atoms with Crippen LogP contribution in [0.3, 0.4) is 0 Å². The second kappa shape index (κ2) is 5.53. The van der Waals surface area contributed by atoms with Crippen molar-refractivity contribution in [3.05, 3.63) is 23.8 Å². The number of rotatable bonds is 3. The van der Waals surface area contributed by atoms with E-state index in [1.165, 1.54) is 6.07 Å². The molecule has 0 spiro atoms. The molecule has 0 aromatic heterocycles. The third kappa shape index (κ3) is 2.37. The molecule has 22 heavy (non-hydrogen) atoms. The number of fused-ring (bicyclic) bond motifs is 1. The number of nitrogens with zero attached hydrogens (tertiary/aromatic N) is 1. The van der Waals surface area contributed by atoms with Gasteiger partial charge in [0.1, 0.15) is 16.7 Å². The van der Waals surface area contributed by atoms with E-state index in [9.17, 15) is 13.2 Å². The number of morpholine rings is 1. The fraction of sp³-hybridized carbons (Fsp3) is 0.500. The lowest BCUT2D eigenvalue weighted by Gasteiger charge is -2.36. The molecule has 1 aromatic rings. The summed E-state index contributed by atoms with van der Waals surface area (Å²) < 4.78 is 37.9. The number of amides is 1. The van der Waals surface area contributed by atoms with Crippen LogP contribution in [-0.2, 0) is 26.0 Å². The van der Waals surface area contributed by atoms with Crippen molar-refractivity contribution in [1.82, 2.24) is 4.31 Å². The normalized spacial score (nSPS) is 25.5. The van der Waals surface area contributed by atoms with Crippen LogP contribution in [0.2, 0.25) is 0 Å². The highest BCUT2D eigenvalue weighted by molar-refractivity contribution is 7.89. The third-order valence-corrected chi connectivity index (χ3v) is 5.91. The summed E-state index contributed by atoms with van der Waals surface area (Å²) in [6, 6.07) is 4.01. The van der Waals surface area contributed by atoms with Gasteiger partial charge in [-0.2, -0.15) is 4.31 Å². The molecular weight excluding hydrogens is 308 g/mol. The lowest BCUT2D eigenvalue weighted by atomic mass is 10.1. The van der Waals surface area contributed by atoms with Crippen LogP contribution >= 0.6 is 0 Å². The van der Waals surface area contributed by atoms with Crippen LogP contribution in [0, 0.1) is 0 Å². The van der Waals surface area contributed by atoms with E-state index in [0.717, 1.165) is 9.87 Å². The minimum absolute atomic E-state index is 0.0860. The summed E-state index contributed by atoms with van der Waals surface area (Å²) in [5.41, 5.74) is 6.24. The molecular formula is C14H18N2O5S. The quantitative estimate of drug-likeness (QED) is 0.835. The molecule has 0 bridgehead atoms. The Morgan fingerprint density at radius 2 is 2.14 bits per heavy atom. The molecule has 2 atom stereocenters. The smallest absolute Gasteiger partial charge is 0.247 e. The van der Waals surface area contributed by atoms with Crippen molar-refractivity contribution in [2.45, 2.75) is 30.4 Å². The Morgan fingerprint density at radius 3 is 2.86 bits per heavy atom. The molecule has 1 fully saturated rings. The summed E-state index contributed by atoms with van der Waals surface area (Å²) in [5.74, 6) is -0.339. The zero-order valence-corrected chi connectivity index (χ0v) is 13.0. The zero-order chi connectivity index (χ0) is 15.9. The van der Waals surface area contributed by atoms with Crippen LogP contribution in [-0.4, -0.2) is 50.5 Å². The molecule has 0 saturated carbocycles. The van der Waals surface area contributed by atoms with Crippen molar-refractivity contribution < 1.29 is 22.7 Å². The molecule has 2 aliphatic rings. The molecule has 3 rings (SSSR count). The number of carbonyl (C=O) groups excluding carboxylic acids is 1. The second-order valence-corrected chi connectivity index (χ2v) is 7.24. The van der Waals surface area contributed by atoms with Crippen LogP contribution in [0.1, 0.15) is 12.5 Å². The first-order valence-electron chi connectivity index (χ1n) is 7.10. The van der Waals surface area contributed by atoms with E-state index >= 15 is 0 Å². The predicted molar refractivity (Wildman–Crippen MR) is 77.9 cm³/mol. The molecule has 1 amide bonds. The van der Waals surface area contributed by atoms with E-state index in [4.69, 9.17) is 15.2 Å². The lowest BCUT2D eigenvalue weighted by molar-refractivity contribution is -0.130. The van der Waals surface area contributed by atoms with Crippen LogP contribution < -0.4 is 10.5 Å². The summed E-state index contributed by atoms with van der Waals surface area (Å²) >= 11 is 0. The van der Waals surface area contributed by atoms with Gasteiger partial charge < -0.3 is 15.2 Å². The predicted octanol–water partition coefficient (Wildman–Crippen LogP) is -0.115. The van der Waals surface area contributed by atoms with Crippen molar-refractivity contribution in [1.29, 1.82) is 0 Å². The van der Waals surface area contributed by atoms with Crippen LogP contribution in [0.5, 0.6) is 5.75 Å². The van der Waals surface area contributed by atoms with E-state index < -0.39 is 28.1 Å². The molecule has 0 unspecified atom stereocenters. The number of nitrogens with two attached hydrogens (primary N) is 1. The molecule has 8 heteroatoms. The first-order valence-corrected chi connectivity index (χ1v) is 8.54. The van der Waals surface area contributed by atoms with E-state index in [1.807, 2.05) is 6.07 Å².